The predicted molar refractivity (Wildman–Crippen MR) is 80.2 cm³/mol. The normalized spacial score (nSPS) is 10.7. The molecule has 0 atom stereocenters. The monoisotopic (exact) mass is 285 g/mol. The van der Waals surface area contributed by atoms with Gasteiger partial charge in [0.05, 0.1) is 11.9 Å². The maximum absolute atomic E-state index is 12.2. The van der Waals surface area contributed by atoms with Crippen LogP contribution in [0.3, 0.4) is 0 Å². The van der Waals surface area contributed by atoms with Gasteiger partial charge in [-0.05, 0) is 30.7 Å². The predicted octanol–water partition coefficient (Wildman–Crippen LogP) is 3.78. The summed E-state index contributed by atoms with van der Waals surface area (Å²) in [6.45, 7) is 1.84. The molecule has 0 aliphatic heterocycles. The molecular weight excluding hydrogens is 274 g/mol. The van der Waals surface area contributed by atoms with Gasteiger partial charge < -0.3 is 10.3 Å². The van der Waals surface area contributed by atoms with E-state index in [1.54, 1.807) is 6.07 Å². The van der Waals surface area contributed by atoms with Gasteiger partial charge in [-0.2, -0.15) is 0 Å². The van der Waals surface area contributed by atoms with Gasteiger partial charge in [0, 0.05) is 10.9 Å². The van der Waals surface area contributed by atoms with Gasteiger partial charge in [-0.15, -0.1) is 0 Å². The first-order valence-electron chi connectivity index (χ1n) is 6.15. The lowest BCUT2D eigenvalue weighted by Crippen LogP contribution is -2.12. The Morgan fingerprint density at radius 2 is 2.10 bits per heavy atom. The molecule has 4 nitrogen and oxygen atoms in total. The first-order valence-corrected chi connectivity index (χ1v) is 6.52. The minimum atomic E-state index is -0.204. The van der Waals surface area contributed by atoms with Crippen molar-refractivity contribution in [3.05, 3.63) is 59.0 Å². The van der Waals surface area contributed by atoms with Gasteiger partial charge in [-0.25, -0.2) is 4.98 Å². The molecule has 0 bridgehead atoms. The highest BCUT2D eigenvalue weighted by Gasteiger charge is 2.10. The lowest BCUT2D eigenvalue weighted by molar-refractivity contribution is 0.102. The van der Waals surface area contributed by atoms with E-state index < -0.39 is 0 Å². The van der Waals surface area contributed by atoms with Crippen LogP contribution in [0.4, 0.5) is 5.69 Å². The molecule has 0 fully saturated rings. The zero-order valence-corrected chi connectivity index (χ0v) is 11.5. The van der Waals surface area contributed by atoms with Gasteiger partial charge in [0.15, 0.2) is 0 Å². The second-order valence-corrected chi connectivity index (χ2v) is 4.91. The summed E-state index contributed by atoms with van der Waals surface area (Å²) in [5, 5.41) is 4.24. The number of fused-ring (bicyclic) bond motifs is 1. The maximum Gasteiger partial charge on any atom is 0.272 e. The maximum atomic E-state index is 12.2. The van der Waals surface area contributed by atoms with E-state index in [0.717, 1.165) is 16.5 Å². The van der Waals surface area contributed by atoms with Crippen molar-refractivity contribution in [3.8, 4) is 0 Å². The Hall–Kier alpha value is -2.33. The molecule has 2 aromatic heterocycles. The van der Waals surface area contributed by atoms with Crippen molar-refractivity contribution >= 4 is 34.1 Å². The number of carbonyl (C=O) groups excluding carboxylic acids is 1. The number of rotatable bonds is 2. The van der Waals surface area contributed by atoms with E-state index in [1.165, 1.54) is 6.20 Å². The van der Waals surface area contributed by atoms with Crippen molar-refractivity contribution in [2.24, 2.45) is 0 Å². The van der Waals surface area contributed by atoms with E-state index >= 15 is 0 Å². The Bertz CT molecular complexity index is 762. The molecule has 0 aliphatic rings. The molecule has 3 rings (SSSR count). The minimum absolute atomic E-state index is 0.204. The molecule has 2 N–H and O–H groups in total. The average molecular weight is 286 g/mol. The molecule has 5 heteroatoms. The third-order valence-electron chi connectivity index (χ3n) is 3.05. The van der Waals surface area contributed by atoms with Crippen LogP contribution in [0.15, 0.2) is 42.6 Å². The second-order valence-electron chi connectivity index (χ2n) is 4.56. The van der Waals surface area contributed by atoms with Crippen LogP contribution < -0.4 is 5.32 Å². The highest BCUT2D eigenvalue weighted by Crippen LogP contribution is 2.18. The van der Waals surface area contributed by atoms with Crippen LogP contribution >= 0.6 is 11.6 Å². The van der Waals surface area contributed by atoms with Gasteiger partial charge in [0.1, 0.15) is 10.8 Å². The number of nitrogens with one attached hydrogen (secondary N) is 2. The highest BCUT2D eigenvalue weighted by molar-refractivity contribution is 6.30. The van der Waals surface area contributed by atoms with E-state index in [4.69, 9.17) is 11.6 Å². The summed E-state index contributed by atoms with van der Waals surface area (Å²) in [5.41, 5.74) is 2.89. The molecule has 0 unspecified atom stereocenters. The zero-order valence-electron chi connectivity index (χ0n) is 10.8. The van der Waals surface area contributed by atoms with Crippen LogP contribution in [0.1, 0.15) is 16.1 Å². The molecular formula is C15H12ClN3O. The fourth-order valence-corrected chi connectivity index (χ4v) is 2.12. The standard InChI is InChI=1S/C15H12ClN3O/c1-9-6-11(8-17-14(9)16)18-15(20)13-7-10-4-2-3-5-12(10)19-13/h2-8,19H,1H3,(H,18,20). The number of anilines is 1. The summed E-state index contributed by atoms with van der Waals surface area (Å²) >= 11 is 5.86. The van der Waals surface area contributed by atoms with Crippen LogP contribution in [0.5, 0.6) is 0 Å². The summed E-state index contributed by atoms with van der Waals surface area (Å²) in [4.78, 5) is 19.3. The quantitative estimate of drug-likeness (QED) is 0.704. The highest BCUT2D eigenvalue weighted by atomic mass is 35.5. The smallest absolute Gasteiger partial charge is 0.272 e. The lowest BCUT2D eigenvalue weighted by atomic mass is 10.2. The van der Waals surface area contributed by atoms with Gasteiger partial charge in [-0.1, -0.05) is 29.8 Å². The molecule has 2 heterocycles. The number of nitrogens with zero attached hydrogens (tertiary/aromatic N) is 1. The van der Waals surface area contributed by atoms with Crippen molar-refractivity contribution in [3.63, 3.8) is 0 Å². The number of amides is 1. The summed E-state index contributed by atoms with van der Waals surface area (Å²) in [7, 11) is 0. The molecule has 0 saturated heterocycles. The van der Waals surface area contributed by atoms with Crippen LogP contribution in [0.2, 0.25) is 5.15 Å². The van der Waals surface area contributed by atoms with Crippen LogP contribution in [0, 0.1) is 6.92 Å². The number of hydrogen-bond donors (Lipinski definition) is 2. The number of para-hydroxylation sites is 1. The first-order chi connectivity index (χ1) is 9.63. The van der Waals surface area contributed by atoms with Gasteiger partial charge in [0.25, 0.3) is 5.91 Å². The Morgan fingerprint density at radius 3 is 2.85 bits per heavy atom. The fraction of sp³-hybridized carbons (Fsp3) is 0.0667. The molecule has 100 valence electrons. The number of H-pyrrole nitrogens is 1. The van der Waals surface area contributed by atoms with E-state index in [1.807, 2.05) is 37.3 Å². The summed E-state index contributed by atoms with van der Waals surface area (Å²) < 4.78 is 0. The summed E-state index contributed by atoms with van der Waals surface area (Å²) in [5.74, 6) is -0.204. The molecule has 0 radical (unpaired) electrons. The van der Waals surface area contributed by atoms with E-state index in [9.17, 15) is 4.79 Å². The minimum Gasteiger partial charge on any atom is -0.351 e. The number of aryl methyl sites for hydroxylation is 1. The number of carbonyl (C=O) groups is 1. The Labute approximate surface area is 120 Å². The molecule has 0 saturated carbocycles. The van der Waals surface area contributed by atoms with Crippen LogP contribution in [-0.4, -0.2) is 15.9 Å². The lowest BCUT2D eigenvalue weighted by Gasteiger charge is -2.05. The number of aromatic amines is 1. The summed E-state index contributed by atoms with van der Waals surface area (Å²) in [6, 6.07) is 11.4. The number of halogens is 1. The molecule has 0 spiro atoms. The summed E-state index contributed by atoms with van der Waals surface area (Å²) in [6.07, 6.45) is 1.54. The molecule has 3 aromatic rings. The number of hydrogen-bond acceptors (Lipinski definition) is 2. The largest absolute Gasteiger partial charge is 0.351 e. The number of aromatic nitrogens is 2. The molecule has 1 aromatic carbocycles. The van der Waals surface area contributed by atoms with Crippen molar-refractivity contribution < 1.29 is 4.79 Å². The number of benzene rings is 1. The third kappa shape index (κ3) is 2.38. The van der Waals surface area contributed by atoms with Crippen molar-refractivity contribution in [2.45, 2.75) is 6.92 Å². The first kappa shape index (κ1) is 12.7. The molecule has 0 aliphatic carbocycles. The third-order valence-corrected chi connectivity index (χ3v) is 3.44. The SMILES string of the molecule is Cc1cc(NC(=O)c2cc3ccccc3[nH]2)cnc1Cl. The van der Waals surface area contributed by atoms with Crippen molar-refractivity contribution in [1.82, 2.24) is 9.97 Å². The second kappa shape index (κ2) is 4.98. The van der Waals surface area contributed by atoms with E-state index in [2.05, 4.69) is 15.3 Å². The molecule has 20 heavy (non-hydrogen) atoms. The van der Waals surface area contributed by atoms with Crippen LogP contribution in [-0.2, 0) is 0 Å². The number of pyridine rings is 1. The van der Waals surface area contributed by atoms with Crippen molar-refractivity contribution in [1.29, 1.82) is 0 Å². The molecule has 1 amide bonds. The Morgan fingerprint density at radius 1 is 1.30 bits per heavy atom. The van der Waals surface area contributed by atoms with Crippen molar-refractivity contribution in [2.75, 3.05) is 5.32 Å². The van der Waals surface area contributed by atoms with Crippen LogP contribution in [0.25, 0.3) is 10.9 Å². The topological polar surface area (TPSA) is 57.8 Å². The van der Waals surface area contributed by atoms with Gasteiger partial charge >= 0.3 is 0 Å². The van der Waals surface area contributed by atoms with Gasteiger partial charge in [0.2, 0.25) is 0 Å². The Kier molecular flexibility index (Phi) is 3.16. The Balaban J connectivity index is 1.86. The van der Waals surface area contributed by atoms with E-state index in [-0.39, 0.29) is 5.91 Å². The zero-order chi connectivity index (χ0) is 14.1. The average Bonchev–Trinajstić information content (AvgIpc) is 2.87. The van der Waals surface area contributed by atoms with E-state index in [0.29, 0.717) is 16.5 Å². The fourth-order valence-electron chi connectivity index (χ4n) is 2.02. The van der Waals surface area contributed by atoms with Gasteiger partial charge in [-0.3, -0.25) is 4.79 Å².